The van der Waals surface area contributed by atoms with Crippen LogP contribution in [-0.4, -0.2) is 86.2 Å². The summed E-state index contributed by atoms with van der Waals surface area (Å²) < 4.78 is 22.9. The van der Waals surface area contributed by atoms with E-state index in [-0.39, 0.29) is 26.0 Å². The van der Waals surface area contributed by atoms with Crippen LogP contribution < -0.4 is 20.7 Å². The summed E-state index contributed by atoms with van der Waals surface area (Å²) in [6.07, 6.45) is 0.515. The predicted molar refractivity (Wildman–Crippen MR) is 201 cm³/mol. The van der Waals surface area contributed by atoms with Crippen molar-refractivity contribution in [3.8, 4) is 5.75 Å². The van der Waals surface area contributed by atoms with Crippen LogP contribution in [0.1, 0.15) is 50.1 Å². The van der Waals surface area contributed by atoms with E-state index in [0.717, 1.165) is 5.56 Å². The molecule has 1 aliphatic heterocycles. The Labute approximate surface area is 318 Å². The number of hydrogen-bond donors (Lipinski definition) is 4. The third-order valence-corrected chi connectivity index (χ3v) is 10.2. The van der Waals surface area contributed by atoms with Gasteiger partial charge in [0.2, 0.25) is 17.7 Å². The molecule has 284 valence electrons. The summed E-state index contributed by atoms with van der Waals surface area (Å²) in [6.45, 7) is 10.8. The molecule has 3 rings (SSSR count). The lowest BCUT2D eigenvalue weighted by Gasteiger charge is -2.37. The van der Waals surface area contributed by atoms with Crippen molar-refractivity contribution in [1.82, 2.24) is 16.0 Å². The minimum Gasteiger partial charge on any atom is -0.495 e. The number of aliphatic hydroxyl groups excluding tert-OH is 1. The number of ether oxygens (including phenoxy) is 4. The van der Waals surface area contributed by atoms with Gasteiger partial charge in [-0.3, -0.25) is 19.2 Å². The van der Waals surface area contributed by atoms with Gasteiger partial charge in [0.25, 0.3) is 6.47 Å². The molecule has 0 bridgehead atoms. The van der Waals surface area contributed by atoms with Crippen LogP contribution in [0.25, 0.3) is 0 Å². The SMILES string of the molecule is C=CCO[C@H](C)[C@@H]1NC(=O)C(C)(C)CNC(=O)[C@@H](Cc2ccc(OC)c(Cl)c2)NC(=O)/C=C/C[C@@H]([C@H](C)[C@@H](OC=O)[C@@H](Br)c2ccccc2)OC1O. The summed E-state index contributed by atoms with van der Waals surface area (Å²) >= 11 is 10.0. The van der Waals surface area contributed by atoms with Gasteiger partial charge < -0.3 is 40.0 Å². The monoisotopic (exact) mass is 805 g/mol. The maximum atomic E-state index is 13.8. The summed E-state index contributed by atoms with van der Waals surface area (Å²) in [7, 11) is 1.49. The van der Waals surface area contributed by atoms with Crippen molar-refractivity contribution in [2.75, 3.05) is 20.3 Å². The first-order valence-electron chi connectivity index (χ1n) is 16.9. The molecule has 0 fully saturated rings. The summed E-state index contributed by atoms with van der Waals surface area (Å²) in [5.74, 6) is -1.70. The average molecular weight is 807 g/mol. The lowest BCUT2D eigenvalue weighted by molar-refractivity contribution is -0.192. The normalized spacial score (nSPS) is 24.5. The van der Waals surface area contributed by atoms with Gasteiger partial charge in [-0.05, 0) is 56.5 Å². The molecule has 52 heavy (non-hydrogen) atoms. The van der Waals surface area contributed by atoms with Crippen LogP contribution in [0.15, 0.2) is 73.3 Å². The van der Waals surface area contributed by atoms with Crippen molar-refractivity contribution in [1.29, 1.82) is 0 Å². The van der Waals surface area contributed by atoms with E-state index in [0.29, 0.717) is 22.8 Å². The fourth-order valence-electron chi connectivity index (χ4n) is 5.63. The number of alkyl halides is 1. The smallest absolute Gasteiger partial charge is 0.293 e. The van der Waals surface area contributed by atoms with E-state index in [4.69, 9.17) is 30.5 Å². The number of aliphatic hydroxyl groups is 1. The van der Waals surface area contributed by atoms with E-state index < -0.39 is 70.6 Å². The van der Waals surface area contributed by atoms with Gasteiger partial charge >= 0.3 is 0 Å². The highest BCUT2D eigenvalue weighted by Crippen LogP contribution is 2.35. The molecule has 0 spiro atoms. The standard InChI is InChI=1S/C38H49BrClN3O9/c1-7-18-50-24(3)33-36(47)52-29(23(2)34(51-22-44)32(39)26-12-9-8-10-13-26)14-11-15-31(45)42-28(20-25-16-17-30(49-6)27(40)19-25)35(46)41-21-38(4,5)37(48)43-33/h7-13,15-17,19,22-24,28-29,32-34,36,47H,1,14,18,20-21H2,2-6H3,(H,41,46)(H,42,45)(H,43,48)/b15-11+/t23-,24+,28+,29-,32-,33-,34+,36?/m0/s1. The van der Waals surface area contributed by atoms with Gasteiger partial charge in [-0.1, -0.05) is 83.0 Å². The van der Waals surface area contributed by atoms with E-state index >= 15 is 0 Å². The summed E-state index contributed by atoms with van der Waals surface area (Å²) in [4.78, 5) is 51.9. The summed E-state index contributed by atoms with van der Waals surface area (Å²) in [5, 5.41) is 20.3. The number of methoxy groups -OCH3 is 1. The second-order valence-electron chi connectivity index (χ2n) is 13.2. The van der Waals surface area contributed by atoms with Crippen molar-refractivity contribution < 1.29 is 43.2 Å². The number of benzene rings is 2. The number of nitrogens with one attached hydrogen (secondary N) is 3. The maximum Gasteiger partial charge on any atom is 0.293 e. The van der Waals surface area contributed by atoms with Gasteiger partial charge in [0.15, 0.2) is 6.29 Å². The maximum absolute atomic E-state index is 13.8. The van der Waals surface area contributed by atoms with Gasteiger partial charge in [0, 0.05) is 18.9 Å². The highest BCUT2D eigenvalue weighted by Gasteiger charge is 2.39. The third-order valence-electron chi connectivity index (χ3n) is 8.87. The minimum absolute atomic E-state index is 0.0673. The molecule has 8 atom stereocenters. The molecule has 4 N–H and O–H groups in total. The van der Waals surface area contributed by atoms with Gasteiger partial charge in [-0.25, -0.2) is 0 Å². The largest absolute Gasteiger partial charge is 0.495 e. The van der Waals surface area contributed by atoms with Crippen molar-refractivity contribution in [2.45, 2.75) is 82.0 Å². The Morgan fingerprint density at radius 2 is 1.85 bits per heavy atom. The highest BCUT2D eigenvalue weighted by atomic mass is 79.9. The third kappa shape index (κ3) is 12.2. The lowest BCUT2D eigenvalue weighted by Crippen LogP contribution is -2.58. The first-order valence-corrected chi connectivity index (χ1v) is 18.2. The number of amides is 3. The van der Waals surface area contributed by atoms with Crippen molar-refractivity contribution in [3.63, 3.8) is 0 Å². The lowest BCUT2D eigenvalue weighted by atomic mass is 9.90. The average Bonchev–Trinajstić information content (AvgIpc) is 3.12. The Morgan fingerprint density at radius 1 is 1.13 bits per heavy atom. The molecule has 14 heteroatoms. The molecule has 2 aromatic carbocycles. The molecule has 1 unspecified atom stereocenters. The Kier molecular flexibility index (Phi) is 16.8. The van der Waals surface area contributed by atoms with Crippen molar-refractivity contribution in [3.05, 3.63) is 89.5 Å². The quantitative estimate of drug-likeness (QED) is 0.129. The van der Waals surface area contributed by atoms with Gasteiger partial charge in [-0.15, -0.1) is 6.58 Å². The van der Waals surface area contributed by atoms with Crippen molar-refractivity contribution in [2.24, 2.45) is 11.3 Å². The predicted octanol–water partition coefficient (Wildman–Crippen LogP) is 4.57. The molecular formula is C38H49BrClN3O9. The van der Waals surface area contributed by atoms with Crippen LogP contribution in [0.2, 0.25) is 5.02 Å². The van der Waals surface area contributed by atoms with Crippen LogP contribution in [0.3, 0.4) is 0 Å². The molecule has 12 nitrogen and oxygen atoms in total. The molecule has 0 saturated carbocycles. The van der Waals surface area contributed by atoms with E-state index in [2.05, 4.69) is 38.5 Å². The Balaban J connectivity index is 2.03. The van der Waals surface area contributed by atoms with E-state index in [1.165, 1.54) is 13.2 Å². The van der Waals surface area contributed by atoms with E-state index in [9.17, 15) is 24.3 Å². The topological polar surface area (TPSA) is 162 Å². The van der Waals surface area contributed by atoms with Crippen molar-refractivity contribution >= 4 is 51.7 Å². The fourth-order valence-corrected chi connectivity index (χ4v) is 6.82. The number of rotatable bonds is 13. The van der Waals surface area contributed by atoms with Crippen LogP contribution >= 0.6 is 27.5 Å². The first-order chi connectivity index (χ1) is 24.7. The number of carbonyl (C=O) groups excluding carboxylic acids is 4. The van der Waals surface area contributed by atoms with Gasteiger partial charge in [-0.2, -0.15) is 0 Å². The van der Waals surface area contributed by atoms with Crippen LogP contribution in [-0.2, 0) is 39.8 Å². The number of hydrogen-bond acceptors (Lipinski definition) is 9. The van der Waals surface area contributed by atoms with E-state index in [1.54, 1.807) is 58.0 Å². The Bertz CT molecular complexity index is 1540. The summed E-state index contributed by atoms with van der Waals surface area (Å²) in [5.41, 5.74) is 0.319. The minimum atomic E-state index is -1.61. The van der Waals surface area contributed by atoms with Crippen LogP contribution in [0.4, 0.5) is 0 Å². The highest BCUT2D eigenvalue weighted by molar-refractivity contribution is 9.09. The zero-order valence-corrected chi connectivity index (χ0v) is 32.4. The second-order valence-corrected chi connectivity index (χ2v) is 14.6. The number of halogens is 2. The molecule has 3 amide bonds. The molecule has 1 heterocycles. The summed E-state index contributed by atoms with van der Waals surface area (Å²) in [6, 6.07) is 12.3. The molecule has 0 aliphatic carbocycles. The zero-order valence-electron chi connectivity index (χ0n) is 30.1. The Hall–Kier alpha value is -3.75. The molecule has 0 aromatic heterocycles. The zero-order chi connectivity index (χ0) is 38.4. The first kappa shape index (κ1) is 42.7. The van der Waals surface area contributed by atoms with Gasteiger partial charge in [0.1, 0.15) is 23.9 Å². The Morgan fingerprint density at radius 3 is 2.48 bits per heavy atom. The fraction of sp³-hybridized carbons (Fsp3) is 0.474. The molecule has 2 aromatic rings. The second kappa shape index (κ2) is 20.5. The number of carbonyl (C=O) groups is 4. The van der Waals surface area contributed by atoms with Crippen LogP contribution in [0, 0.1) is 11.3 Å². The van der Waals surface area contributed by atoms with Crippen LogP contribution in [0.5, 0.6) is 5.75 Å². The van der Waals surface area contributed by atoms with Gasteiger partial charge in [0.05, 0.1) is 41.2 Å². The molecule has 1 aliphatic rings. The molecule has 0 saturated heterocycles. The molecule has 0 radical (unpaired) electrons. The van der Waals surface area contributed by atoms with E-state index in [1.807, 2.05) is 30.3 Å². The molecular weight excluding hydrogens is 758 g/mol.